The molecule has 1 amide bonds. The van der Waals surface area contributed by atoms with Crippen LogP contribution in [0.4, 0.5) is 4.39 Å². The first-order valence-corrected chi connectivity index (χ1v) is 8.13. The molecule has 138 valence electrons. The van der Waals surface area contributed by atoms with E-state index >= 15 is 0 Å². The van der Waals surface area contributed by atoms with Crippen LogP contribution in [-0.4, -0.2) is 32.7 Å². The second-order valence-electron chi connectivity index (χ2n) is 5.64. The first-order valence-electron chi connectivity index (χ1n) is 8.13. The number of nitrogens with zero attached hydrogens (tertiary/aromatic N) is 2. The van der Waals surface area contributed by atoms with Crippen molar-refractivity contribution in [1.29, 1.82) is 0 Å². The SMILES string of the molecule is NC(=O)c1ccc(F)cc1.OCCc1nc(-c2ccc3cc[nH]c3c2)no1. The van der Waals surface area contributed by atoms with Crippen molar-refractivity contribution in [2.45, 2.75) is 6.42 Å². The van der Waals surface area contributed by atoms with Crippen LogP contribution in [0.15, 0.2) is 59.3 Å². The smallest absolute Gasteiger partial charge is 0.248 e. The molecule has 4 N–H and O–H groups in total. The molecular weight excluding hydrogens is 351 g/mol. The number of primary amides is 1. The molecule has 2 heterocycles. The topological polar surface area (TPSA) is 118 Å². The van der Waals surface area contributed by atoms with Crippen LogP contribution in [0, 0.1) is 5.82 Å². The zero-order chi connectivity index (χ0) is 19.2. The Morgan fingerprint density at radius 3 is 2.67 bits per heavy atom. The Labute approximate surface area is 153 Å². The van der Waals surface area contributed by atoms with Gasteiger partial charge in [0.1, 0.15) is 5.82 Å². The first kappa shape index (κ1) is 18.3. The number of aromatic amines is 1. The molecule has 0 saturated carbocycles. The highest BCUT2D eigenvalue weighted by Gasteiger charge is 2.08. The minimum Gasteiger partial charge on any atom is -0.396 e. The average molecular weight is 368 g/mol. The van der Waals surface area contributed by atoms with Gasteiger partial charge in [-0.25, -0.2) is 4.39 Å². The number of carbonyl (C=O) groups is 1. The van der Waals surface area contributed by atoms with Gasteiger partial charge in [-0.2, -0.15) is 4.98 Å². The van der Waals surface area contributed by atoms with E-state index in [2.05, 4.69) is 15.1 Å². The number of halogens is 1. The van der Waals surface area contributed by atoms with Gasteiger partial charge in [-0.05, 0) is 41.8 Å². The average Bonchev–Trinajstić information content (AvgIpc) is 3.31. The number of carbonyl (C=O) groups excluding carboxylic acids is 1. The third-order valence-corrected chi connectivity index (χ3v) is 3.74. The van der Waals surface area contributed by atoms with Gasteiger partial charge in [0, 0.05) is 22.8 Å². The summed E-state index contributed by atoms with van der Waals surface area (Å²) in [6.45, 7) is 0.0112. The first-order chi connectivity index (χ1) is 13.1. The molecule has 27 heavy (non-hydrogen) atoms. The summed E-state index contributed by atoms with van der Waals surface area (Å²) in [4.78, 5) is 17.8. The van der Waals surface area contributed by atoms with Crippen LogP contribution in [0.2, 0.25) is 0 Å². The Bertz CT molecular complexity index is 1040. The van der Waals surface area contributed by atoms with Gasteiger partial charge in [0.25, 0.3) is 0 Å². The normalized spacial score (nSPS) is 10.4. The predicted octanol–water partition coefficient (Wildman–Crippen LogP) is 2.68. The molecule has 0 atom stereocenters. The van der Waals surface area contributed by atoms with Crippen LogP contribution in [0.25, 0.3) is 22.3 Å². The number of hydrogen-bond acceptors (Lipinski definition) is 5. The molecule has 0 aliphatic heterocycles. The van der Waals surface area contributed by atoms with Crippen molar-refractivity contribution in [3.63, 3.8) is 0 Å². The molecule has 8 heteroatoms. The number of amides is 1. The van der Waals surface area contributed by atoms with E-state index in [4.69, 9.17) is 15.4 Å². The van der Waals surface area contributed by atoms with Crippen molar-refractivity contribution in [3.8, 4) is 11.4 Å². The van der Waals surface area contributed by atoms with Gasteiger partial charge < -0.3 is 20.3 Å². The van der Waals surface area contributed by atoms with Gasteiger partial charge in [0.15, 0.2) is 0 Å². The third kappa shape index (κ3) is 4.56. The number of benzene rings is 2. The fourth-order valence-corrected chi connectivity index (χ4v) is 2.37. The fraction of sp³-hybridized carbons (Fsp3) is 0.105. The summed E-state index contributed by atoms with van der Waals surface area (Å²) in [6.07, 6.45) is 2.28. The van der Waals surface area contributed by atoms with Gasteiger partial charge in [-0.1, -0.05) is 17.3 Å². The van der Waals surface area contributed by atoms with Crippen molar-refractivity contribution in [2.75, 3.05) is 6.61 Å². The lowest BCUT2D eigenvalue weighted by atomic mass is 10.1. The molecule has 0 aliphatic carbocycles. The maximum absolute atomic E-state index is 12.2. The van der Waals surface area contributed by atoms with E-state index in [1.54, 1.807) is 0 Å². The van der Waals surface area contributed by atoms with Gasteiger partial charge in [0.2, 0.25) is 17.6 Å². The quantitative estimate of drug-likeness (QED) is 0.512. The van der Waals surface area contributed by atoms with Gasteiger partial charge >= 0.3 is 0 Å². The standard InChI is InChI=1S/C12H11N3O2.C7H6FNO/c16-6-4-11-14-12(15-17-11)9-2-1-8-3-5-13-10(8)7-9;8-6-3-1-5(2-4-6)7(9)10/h1-3,5,7,13,16H,4,6H2;1-4H,(H2,9,10). The highest BCUT2D eigenvalue weighted by atomic mass is 19.1. The van der Waals surface area contributed by atoms with E-state index in [-0.39, 0.29) is 12.4 Å². The summed E-state index contributed by atoms with van der Waals surface area (Å²) < 4.78 is 17.2. The molecule has 0 fully saturated rings. The van der Waals surface area contributed by atoms with Gasteiger partial charge in [0.05, 0.1) is 13.0 Å². The number of rotatable bonds is 4. The van der Waals surface area contributed by atoms with E-state index in [1.165, 1.54) is 24.3 Å². The lowest BCUT2D eigenvalue weighted by Gasteiger charge is -1.94. The van der Waals surface area contributed by atoms with Crippen LogP contribution in [-0.2, 0) is 6.42 Å². The number of fused-ring (bicyclic) bond motifs is 1. The lowest BCUT2D eigenvalue weighted by Crippen LogP contribution is -2.10. The highest BCUT2D eigenvalue weighted by Crippen LogP contribution is 2.21. The molecule has 4 aromatic rings. The van der Waals surface area contributed by atoms with Crippen molar-refractivity contribution < 1.29 is 18.8 Å². The summed E-state index contributed by atoms with van der Waals surface area (Å²) in [6, 6.07) is 13.0. The zero-order valence-electron chi connectivity index (χ0n) is 14.2. The molecular formula is C19H17FN4O3. The largest absolute Gasteiger partial charge is 0.396 e. The number of nitrogens with two attached hydrogens (primary N) is 1. The summed E-state index contributed by atoms with van der Waals surface area (Å²) in [7, 11) is 0. The molecule has 7 nitrogen and oxygen atoms in total. The fourth-order valence-electron chi connectivity index (χ4n) is 2.37. The maximum atomic E-state index is 12.2. The zero-order valence-corrected chi connectivity index (χ0v) is 14.2. The molecule has 0 unspecified atom stereocenters. The van der Waals surface area contributed by atoms with E-state index in [1.807, 2.05) is 30.5 Å². The summed E-state index contributed by atoms with van der Waals surface area (Å²) in [5, 5.41) is 13.8. The van der Waals surface area contributed by atoms with Crippen LogP contribution in [0.3, 0.4) is 0 Å². The van der Waals surface area contributed by atoms with Crippen molar-refractivity contribution in [1.82, 2.24) is 15.1 Å². The Balaban J connectivity index is 0.000000180. The van der Waals surface area contributed by atoms with Crippen molar-refractivity contribution >= 4 is 16.8 Å². The van der Waals surface area contributed by atoms with Gasteiger partial charge in [-0.3, -0.25) is 4.79 Å². The molecule has 0 spiro atoms. The number of aliphatic hydroxyl groups excluding tert-OH is 1. The number of H-pyrrole nitrogens is 1. The Morgan fingerprint density at radius 2 is 1.96 bits per heavy atom. The van der Waals surface area contributed by atoms with E-state index in [0.29, 0.717) is 23.7 Å². The molecule has 2 aromatic carbocycles. The number of aromatic nitrogens is 3. The maximum Gasteiger partial charge on any atom is 0.248 e. The molecule has 0 bridgehead atoms. The number of hydrogen-bond donors (Lipinski definition) is 3. The molecule has 2 aromatic heterocycles. The van der Waals surface area contributed by atoms with Crippen LogP contribution < -0.4 is 5.73 Å². The predicted molar refractivity (Wildman–Crippen MR) is 97.3 cm³/mol. The Hall–Kier alpha value is -3.52. The molecule has 4 rings (SSSR count). The minimum absolute atomic E-state index is 0.0112. The van der Waals surface area contributed by atoms with Crippen molar-refractivity contribution in [3.05, 3.63) is 72.0 Å². The highest BCUT2D eigenvalue weighted by molar-refractivity contribution is 5.92. The third-order valence-electron chi connectivity index (χ3n) is 3.74. The van der Waals surface area contributed by atoms with E-state index < -0.39 is 5.91 Å². The number of nitrogens with one attached hydrogen (secondary N) is 1. The van der Waals surface area contributed by atoms with Crippen LogP contribution >= 0.6 is 0 Å². The minimum atomic E-state index is -0.542. The molecule has 0 saturated heterocycles. The Kier molecular flexibility index (Phi) is 5.58. The van der Waals surface area contributed by atoms with Crippen LogP contribution in [0.5, 0.6) is 0 Å². The number of aliphatic hydroxyl groups is 1. The lowest BCUT2D eigenvalue weighted by molar-refractivity contribution is 0.1000. The second kappa shape index (κ2) is 8.24. The second-order valence-corrected chi connectivity index (χ2v) is 5.64. The van der Waals surface area contributed by atoms with E-state index in [0.717, 1.165) is 16.5 Å². The summed E-state index contributed by atoms with van der Waals surface area (Å²) in [5.41, 5.74) is 7.16. The monoisotopic (exact) mass is 368 g/mol. The van der Waals surface area contributed by atoms with Crippen molar-refractivity contribution in [2.24, 2.45) is 5.73 Å². The molecule has 0 radical (unpaired) electrons. The Morgan fingerprint density at radius 1 is 1.19 bits per heavy atom. The molecule has 0 aliphatic rings. The summed E-state index contributed by atoms with van der Waals surface area (Å²) >= 11 is 0. The van der Waals surface area contributed by atoms with E-state index in [9.17, 15) is 9.18 Å². The van der Waals surface area contributed by atoms with Crippen LogP contribution in [0.1, 0.15) is 16.2 Å². The van der Waals surface area contributed by atoms with Gasteiger partial charge in [-0.15, -0.1) is 0 Å². The summed E-state index contributed by atoms with van der Waals surface area (Å²) in [5.74, 6) is 0.0871.